The number of anilines is 1. The summed E-state index contributed by atoms with van der Waals surface area (Å²) >= 11 is 1.61. The summed E-state index contributed by atoms with van der Waals surface area (Å²) in [4.78, 5) is 15.8. The van der Waals surface area contributed by atoms with Crippen molar-refractivity contribution in [1.82, 2.24) is 4.90 Å². The molecule has 1 aliphatic heterocycles. The summed E-state index contributed by atoms with van der Waals surface area (Å²) in [5, 5.41) is 13.4. The van der Waals surface area contributed by atoms with Gasteiger partial charge in [-0.3, -0.25) is 9.69 Å². The highest BCUT2D eigenvalue weighted by Crippen LogP contribution is 2.45. The molecule has 0 unspecified atom stereocenters. The fourth-order valence-electron chi connectivity index (χ4n) is 3.88. The number of thiophene rings is 1. The minimum atomic E-state index is -0.0348. The molecule has 0 saturated carbocycles. The summed E-state index contributed by atoms with van der Waals surface area (Å²) < 4.78 is 5.32. The Bertz CT molecular complexity index is 699. The van der Waals surface area contributed by atoms with Crippen molar-refractivity contribution in [3.63, 3.8) is 0 Å². The van der Waals surface area contributed by atoms with Gasteiger partial charge in [0.2, 0.25) is 5.91 Å². The van der Waals surface area contributed by atoms with Crippen molar-refractivity contribution in [2.24, 2.45) is 11.3 Å². The fourth-order valence-corrected chi connectivity index (χ4v) is 5.17. The van der Waals surface area contributed by atoms with Crippen LogP contribution in [0.1, 0.15) is 49.6 Å². The molecule has 1 aliphatic carbocycles. The molecule has 1 amide bonds. The van der Waals surface area contributed by atoms with Crippen molar-refractivity contribution in [1.29, 1.82) is 5.26 Å². The number of ether oxygens (including phenoxy) is 1. The van der Waals surface area contributed by atoms with Crippen LogP contribution in [0.4, 0.5) is 5.00 Å². The third-order valence-corrected chi connectivity index (χ3v) is 7.29. The second-order valence-electron chi connectivity index (χ2n) is 8.04. The molecule has 3 rings (SSSR count). The Hall–Kier alpha value is -1.42. The normalized spacial score (nSPS) is 21.1. The lowest BCUT2D eigenvalue weighted by molar-refractivity contribution is -0.118. The molecule has 2 heterocycles. The number of morpholine rings is 1. The number of nitrogens with one attached hydrogen (secondary N) is 1. The second-order valence-corrected chi connectivity index (χ2v) is 9.14. The fraction of sp³-hybridized carbons (Fsp3) is 0.700. The number of nitriles is 1. The second kappa shape index (κ2) is 8.08. The highest BCUT2D eigenvalue weighted by Gasteiger charge is 2.34. The highest BCUT2D eigenvalue weighted by molar-refractivity contribution is 7.16. The number of fused-ring (bicyclic) bond motifs is 1. The minimum Gasteiger partial charge on any atom is -0.379 e. The smallest absolute Gasteiger partial charge is 0.239 e. The largest absolute Gasteiger partial charge is 0.379 e. The summed E-state index contributed by atoms with van der Waals surface area (Å²) in [5.74, 6) is 0.606. The van der Waals surface area contributed by atoms with Gasteiger partial charge in [0.1, 0.15) is 11.1 Å². The van der Waals surface area contributed by atoms with E-state index in [1.807, 2.05) is 0 Å². The van der Waals surface area contributed by atoms with Crippen LogP contribution < -0.4 is 5.32 Å². The van der Waals surface area contributed by atoms with E-state index in [4.69, 9.17) is 4.74 Å². The van der Waals surface area contributed by atoms with E-state index in [0.29, 0.717) is 36.7 Å². The van der Waals surface area contributed by atoms with Crippen molar-refractivity contribution < 1.29 is 9.53 Å². The maximum absolute atomic E-state index is 12.4. The van der Waals surface area contributed by atoms with Crippen molar-refractivity contribution >= 4 is 22.2 Å². The van der Waals surface area contributed by atoms with Crippen molar-refractivity contribution in [2.45, 2.75) is 46.5 Å². The Morgan fingerprint density at radius 2 is 2.15 bits per heavy atom. The summed E-state index contributed by atoms with van der Waals surface area (Å²) in [6.45, 7) is 10.2. The molecular weight excluding hydrogens is 346 g/mol. The maximum Gasteiger partial charge on any atom is 0.239 e. The van der Waals surface area contributed by atoms with E-state index in [0.717, 1.165) is 43.8 Å². The Balaban J connectivity index is 1.71. The van der Waals surface area contributed by atoms with Crippen molar-refractivity contribution in [3.05, 3.63) is 16.0 Å². The lowest BCUT2D eigenvalue weighted by Crippen LogP contribution is -2.41. The molecule has 1 aromatic heterocycles. The van der Waals surface area contributed by atoms with Crippen LogP contribution in [0.25, 0.3) is 0 Å². The van der Waals surface area contributed by atoms with Crippen LogP contribution in [0, 0.1) is 22.7 Å². The van der Waals surface area contributed by atoms with Crippen LogP contribution in [0.3, 0.4) is 0 Å². The third kappa shape index (κ3) is 4.11. The number of hydrogen-bond donors (Lipinski definition) is 1. The van der Waals surface area contributed by atoms with Crippen LogP contribution in [0.5, 0.6) is 0 Å². The van der Waals surface area contributed by atoms with E-state index in [2.05, 4.69) is 37.1 Å². The van der Waals surface area contributed by atoms with Crippen molar-refractivity contribution in [3.8, 4) is 6.07 Å². The van der Waals surface area contributed by atoms with Crippen LogP contribution in [0.2, 0.25) is 0 Å². The predicted molar refractivity (Wildman–Crippen MR) is 105 cm³/mol. The van der Waals surface area contributed by atoms with Gasteiger partial charge in [-0.1, -0.05) is 27.2 Å². The SMILES string of the molecule is CCC(C)(C)[C@H]1CCc2c(sc(NC(=O)CN3CCOCC3)c2C#N)C1. The molecule has 26 heavy (non-hydrogen) atoms. The lowest BCUT2D eigenvalue weighted by atomic mass is 9.69. The number of amides is 1. The number of carbonyl (C=O) groups is 1. The van der Waals surface area contributed by atoms with Gasteiger partial charge in [0.25, 0.3) is 0 Å². The van der Waals surface area contributed by atoms with Gasteiger partial charge in [0, 0.05) is 18.0 Å². The molecule has 0 bridgehead atoms. The summed E-state index contributed by atoms with van der Waals surface area (Å²) in [7, 11) is 0. The van der Waals surface area contributed by atoms with Gasteiger partial charge in [0.05, 0.1) is 25.3 Å². The molecule has 1 atom stereocenters. The molecule has 6 heteroatoms. The van der Waals surface area contributed by atoms with Crippen molar-refractivity contribution in [2.75, 3.05) is 38.2 Å². The number of hydrogen-bond acceptors (Lipinski definition) is 5. The minimum absolute atomic E-state index is 0.0348. The molecular formula is C20H29N3O2S. The lowest BCUT2D eigenvalue weighted by Gasteiger charge is -2.36. The third-order valence-electron chi connectivity index (χ3n) is 6.12. The van der Waals surface area contributed by atoms with Gasteiger partial charge in [-0.25, -0.2) is 0 Å². The van der Waals surface area contributed by atoms with E-state index in [-0.39, 0.29) is 5.91 Å². The van der Waals surface area contributed by atoms with E-state index in [9.17, 15) is 10.1 Å². The number of nitrogens with zero attached hydrogens (tertiary/aromatic N) is 2. The van der Waals surface area contributed by atoms with E-state index < -0.39 is 0 Å². The summed E-state index contributed by atoms with van der Waals surface area (Å²) in [5.41, 5.74) is 2.17. The van der Waals surface area contributed by atoms with Crippen LogP contribution in [-0.4, -0.2) is 43.7 Å². The molecule has 1 fully saturated rings. The van der Waals surface area contributed by atoms with Gasteiger partial charge in [-0.15, -0.1) is 11.3 Å². The molecule has 142 valence electrons. The molecule has 5 nitrogen and oxygen atoms in total. The van der Waals surface area contributed by atoms with Gasteiger partial charge >= 0.3 is 0 Å². The standard InChI is InChI=1S/C20H29N3O2S/c1-4-20(2,3)14-5-6-15-16(12-21)19(26-17(15)11-14)22-18(24)13-23-7-9-25-10-8-23/h14H,4-11,13H2,1-3H3,(H,22,24)/t14-/m0/s1. The maximum atomic E-state index is 12.4. The van der Waals surface area contributed by atoms with Gasteiger partial charge in [-0.2, -0.15) is 5.26 Å². The van der Waals surface area contributed by atoms with E-state index in [1.54, 1.807) is 11.3 Å². The molecule has 1 N–H and O–H groups in total. The number of rotatable bonds is 5. The number of carbonyl (C=O) groups excluding carboxylic acids is 1. The summed E-state index contributed by atoms with van der Waals surface area (Å²) in [6.07, 6.45) is 4.25. The molecule has 2 aliphatic rings. The molecule has 0 aromatic carbocycles. The highest BCUT2D eigenvalue weighted by atomic mass is 32.1. The Kier molecular flexibility index (Phi) is 6.01. The molecule has 1 saturated heterocycles. The molecule has 0 radical (unpaired) electrons. The zero-order valence-corrected chi connectivity index (χ0v) is 16.9. The van der Waals surface area contributed by atoms with Gasteiger partial charge in [0.15, 0.2) is 0 Å². The monoisotopic (exact) mass is 375 g/mol. The zero-order valence-electron chi connectivity index (χ0n) is 16.1. The first-order valence-corrected chi connectivity index (χ1v) is 10.4. The zero-order chi connectivity index (χ0) is 18.7. The van der Waals surface area contributed by atoms with Crippen LogP contribution in [0.15, 0.2) is 0 Å². The van der Waals surface area contributed by atoms with E-state index in [1.165, 1.54) is 10.4 Å². The first-order valence-electron chi connectivity index (χ1n) is 9.59. The molecule has 1 aromatic rings. The van der Waals surface area contributed by atoms with Crippen LogP contribution in [-0.2, 0) is 22.4 Å². The molecule has 0 spiro atoms. The average molecular weight is 376 g/mol. The van der Waals surface area contributed by atoms with Gasteiger partial charge < -0.3 is 10.1 Å². The summed E-state index contributed by atoms with van der Waals surface area (Å²) in [6, 6.07) is 2.34. The topological polar surface area (TPSA) is 65.4 Å². The first-order chi connectivity index (χ1) is 12.4. The predicted octanol–water partition coefficient (Wildman–Crippen LogP) is 3.43. The Labute approximate surface area is 160 Å². The quantitative estimate of drug-likeness (QED) is 0.856. The Morgan fingerprint density at radius 3 is 2.81 bits per heavy atom. The van der Waals surface area contributed by atoms with Crippen LogP contribution >= 0.6 is 11.3 Å². The Morgan fingerprint density at radius 1 is 1.42 bits per heavy atom. The average Bonchev–Trinajstić information content (AvgIpc) is 2.98. The van der Waals surface area contributed by atoms with E-state index >= 15 is 0 Å². The first kappa shape index (κ1) is 19.3. The van der Waals surface area contributed by atoms with Gasteiger partial charge in [-0.05, 0) is 36.2 Å².